The minimum absolute atomic E-state index is 0.0141. The number of hydrogen-bond donors (Lipinski definition) is 0. The van der Waals surface area contributed by atoms with E-state index in [1.54, 1.807) is 30.3 Å². The molecule has 0 atom stereocenters. The Balaban J connectivity index is 1.77. The first-order chi connectivity index (χ1) is 14.9. The van der Waals surface area contributed by atoms with Gasteiger partial charge in [-0.2, -0.15) is 0 Å². The van der Waals surface area contributed by atoms with Crippen LogP contribution in [0.4, 0.5) is 0 Å². The summed E-state index contributed by atoms with van der Waals surface area (Å²) in [6.45, 7) is 0. The molecule has 9 heterocycles. The van der Waals surface area contributed by atoms with Crippen molar-refractivity contribution in [3.8, 4) is 5.69 Å². The van der Waals surface area contributed by atoms with Crippen molar-refractivity contribution >= 4 is 16.6 Å². The molecule has 11 rings (SSSR count). The lowest BCUT2D eigenvalue weighted by Crippen LogP contribution is -2.79. The normalized spacial score (nSPS) is 15.5. The quantitative estimate of drug-likeness (QED) is 0.286. The van der Waals surface area contributed by atoms with Crippen LogP contribution in [-0.4, -0.2) is 26.9 Å². The maximum Gasteiger partial charge on any atom is 0.345 e. The summed E-state index contributed by atoms with van der Waals surface area (Å²) < 4.78 is 5.27. The summed E-state index contributed by atoms with van der Waals surface area (Å²) >= 11 is 0. The lowest BCUT2D eigenvalue weighted by Gasteiger charge is -2.48. The van der Waals surface area contributed by atoms with Crippen molar-refractivity contribution in [1.82, 2.24) is 26.9 Å². The van der Waals surface area contributed by atoms with Gasteiger partial charge in [-0.25, -0.2) is 55.7 Å². The second-order valence-electron chi connectivity index (χ2n) is 7.74. The minimum Gasteiger partial charge on any atom is -0.247 e. The fourth-order valence-corrected chi connectivity index (χ4v) is 5.53. The Morgan fingerprint density at radius 2 is 1.19 bits per heavy atom. The van der Waals surface area contributed by atoms with Gasteiger partial charge in [-0.05, 0) is 6.07 Å². The summed E-state index contributed by atoms with van der Waals surface area (Å²) in [5.41, 5.74) is -5.33. The van der Waals surface area contributed by atoms with Gasteiger partial charge in [0.1, 0.15) is 11.0 Å². The van der Waals surface area contributed by atoms with Gasteiger partial charge in [0.25, 0.3) is 0 Å². The number of imidazole rings is 2. The molecule has 0 N–H and O–H groups in total. The smallest absolute Gasteiger partial charge is 0.247 e. The van der Waals surface area contributed by atoms with Crippen molar-refractivity contribution in [2.45, 2.75) is 5.66 Å². The summed E-state index contributed by atoms with van der Waals surface area (Å²) in [4.78, 5) is 77.3. The van der Waals surface area contributed by atoms with E-state index < -0.39 is 39.8 Å². The maximum absolute atomic E-state index is 13.2. The molecule has 0 amide bonds. The third-order valence-corrected chi connectivity index (χ3v) is 6.63. The lowest BCUT2D eigenvalue weighted by molar-refractivity contribution is 0.181. The van der Waals surface area contributed by atoms with Crippen molar-refractivity contribution in [3.63, 3.8) is 0 Å². The first-order valence-electron chi connectivity index (χ1n) is 9.24. The van der Waals surface area contributed by atoms with E-state index in [9.17, 15) is 28.8 Å². The molecule has 2 aromatic carbocycles. The van der Waals surface area contributed by atoms with Crippen molar-refractivity contribution in [2.75, 3.05) is 0 Å². The average Bonchev–Trinajstić information content (AvgIpc) is 3.13. The number of hydrogen-bond acceptors (Lipinski definition) is 6. The Morgan fingerprint density at radius 1 is 0.613 bits per heavy atom. The summed E-state index contributed by atoms with van der Waals surface area (Å²) in [5, 5.41) is 0. The van der Waals surface area contributed by atoms with Crippen LogP contribution < -0.4 is 34.1 Å². The molecule has 12 heteroatoms. The zero-order chi connectivity index (χ0) is 21.1. The highest BCUT2D eigenvalue weighted by atomic mass is 16.2. The van der Waals surface area contributed by atoms with Gasteiger partial charge in [-0.3, -0.25) is 0 Å². The Hall–Kier alpha value is -4.74. The molecule has 0 saturated carbocycles. The molecule has 5 aromatic heterocycles. The summed E-state index contributed by atoms with van der Waals surface area (Å²) in [6, 6.07) is 10.0. The Kier molecular flexibility index (Phi) is 1.94. The number of benzene rings is 2. The minimum atomic E-state index is -1.55. The third kappa shape index (κ3) is 1.10. The second-order valence-corrected chi connectivity index (χ2v) is 7.74. The first-order valence-corrected chi connectivity index (χ1v) is 9.24. The zero-order valence-electron chi connectivity index (χ0n) is 15.1. The molecular weight excluding hydrogens is 408 g/mol. The summed E-state index contributed by atoms with van der Waals surface area (Å²) in [6.07, 6.45) is 0. The van der Waals surface area contributed by atoms with Crippen LogP contribution in [-0.2, 0) is 5.66 Å². The Bertz CT molecular complexity index is 2130. The molecule has 4 aliphatic heterocycles. The molecule has 12 nitrogen and oxygen atoms in total. The van der Waals surface area contributed by atoms with Crippen molar-refractivity contribution in [1.29, 1.82) is 0 Å². The van der Waals surface area contributed by atoms with Gasteiger partial charge < -0.3 is 0 Å². The SMILES string of the molecule is O=c1n2c(=O)n3c(=O)n1C3(c1ccccc1)c1cc3c4c(c1-2)n1c(=O)n3c(=O)n4c1=O. The molecule has 0 saturated heterocycles. The number of aromatic nitrogens is 6. The fourth-order valence-electron chi connectivity index (χ4n) is 5.53. The van der Waals surface area contributed by atoms with Crippen LogP contribution in [0.15, 0.2) is 65.2 Å². The summed E-state index contributed by atoms with van der Waals surface area (Å²) in [7, 11) is 0. The lowest BCUT2D eigenvalue weighted by atomic mass is 9.84. The molecule has 0 aliphatic carbocycles. The topological polar surface area (TPSA) is 130 Å². The van der Waals surface area contributed by atoms with Crippen LogP contribution in [0, 0.1) is 0 Å². The highest BCUT2D eigenvalue weighted by molar-refractivity contribution is 6.00. The van der Waals surface area contributed by atoms with Crippen molar-refractivity contribution in [2.24, 2.45) is 0 Å². The van der Waals surface area contributed by atoms with E-state index in [0.29, 0.717) is 11.1 Å². The van der Waals surface area contributed by atoms with E-state index in [-0.39, 0.29) is 22.2 Å². The van der Waals surface area contributed by atoms with Crippen LogP contribution in [0.5, 0.6) is 0 Å². The van der Waals surface area contributed by atoms with Crippen LogP contribution in [0.1, 0.15) is 11.1 Å². The van der Waals surface area contributed by atoms with Gasteiger partial charge in [0.15, 0.2) is 5.66 Å². The monoisotopic (exact) mass is 414 g/mol. The Morgan fingerprint density at radius 3 is 1.84 bits per heavy atom. The second kappa shape index (κ2) is 3.96. The van der Waals surface area contributed by atoms with E-state index in [4.69, 9.17) is 0 Å². The fraction of sp³-hybridized carbons (Fsp3) is 0.0526. The Labute approximate surface area is 165 Å². The molecule has 0 unspecified atom stereocenters. The van der Waals surface area contributed by atoms with E-state index in [1.165, 1.54) is 6.07 Å². The average molecular weight is 414 g/mol. The van der Waals surface area contributed by atoms with Crippen molar-refractivity contribution < 1.29 is 0 Å². The largest absolute Gasteiger partial charge is 0.345 e. The highest BCUT2D eigenvalue weighted by Gasteiger charge is 2.58. The molecule has 0 radical (unpaired) electrons. The van der Waals surface area contributed by atoms with Gasteiger partial charge >= 0.3 is 34.1 Å². The standard InChI is InChI=1S/C19H6N6O6/c26-13-20-9-6-8-10(12-11(9)22(13)15(28)23(12)14(20)27)21-16(29)24-18(31)25(17(21)30)19(8,24)7-4-2-1-3-5-7/h1-6H. The van der Waals surface area contributed by atoms with Gasteiger partial charge in [-0.1, -0.05) is 30.3 Å². The third-order valence-electron chi connectivity index (χ3n) is 6.63. The van der Waals surface area contributed by atoms with E-state index in [2.05, 4.69) is 0 Å². The van der Waals surface area contributed by atoms with E-state index in [0.717, 1.165) is 26.9 Å². The van der Waals surface area contributed by atoms with Crippen LogP contribution in [0.25, 0.3) is 22.2 Å². The zero-order valence-corrected chi connectivity index (χ0v) is 15.1. The van der Waals surface area contributed by atoms with E-state index >= 15 is 0 Å². The summed E-state index contributed by atoms with van der Waals surface area (Å²) in [5.74, 6) is 0. The van der Waals surface area contributed by atoms with E-state index in [1.807, 2.05) is 0 Å². The molecule has 7 aromatic rings. The molecule has 4 aliphatic rings. The van der Waals surface area contributed by atoms with Crippen LogP contribution >= 0.6 is 0 Å². The number of nitrogens with zero attached hydrogens (tertiary/aromatic N) is 6. The van der Waals surface area contributed by atoms with Gasteiger partial charge in [0.05, 0.1) is 11.2 Å². The number of rotatable bonds is 1. The van der Waals surface area contributed by atoms with Gasteiger partial charge in [-0.15, -0.1) is 0 Å². The van der Waals surface area contributed by atoms with Crippen molar-refractivity contribution in [3.05, 3.63) is 110 Å². The molecule has 0 spiro atoms. The first kappa shape index (κ1) is 15.1. The predicted octanol–water partition coefficient (Wildman–Crippen LogP) is -2.76. The van der Waals surface area contributed by atoms with Crippen LogP contribution in [0.2, 0.25) is 0 Å². The molecule has 10 bridgehead atoms. The van der Waals surface area contributed by atoms with Gasteiger partial charge in [0.2, 0.25) is 0 Å². The molecule has 31 heavy (non-hydrogen) atoms. The van der Waals surface area contributed by atoms with Crippen LogP contribution in [0.3, 0.4) is 0 Å². The maximum atomic E-state index is 13.2. The van der Waals surface area contributed by atoms with Gasteiger partial charge in [0, 0.05) is 11.1 Å². The highest BCUT2D eigenvalue weighted by Crippen LogP contribution is 2.44. The predicted molar refractivity (Wildman–Crippen MR) is 104 cm³/mol. The molecule has 0 fully saturated rings. The molecule has 148 valence electrons. The molecular formula is C19H6N6O6.